The molecule has 2 atom stereocenters. The van der Waals surface area contributed by atoms with Gasteiger partial charge >= 0.3 is 0 Å². The SMILES string of the molecule is CCS(=O)(=O)NCCCN1CCCCC1C(C)O. The maximum Gasteiger partial charge on any atom is 0.211 e. The Morgan fingerprint density at radius 1 is 1.44 bits per heavy atom. The predicted molar refractivity (Wildman–Crippen MR) is 73.0 cm³/mol. The Labute approximate surface area is 111 Å². The van der Waals surface area contributed by atoms with E-state index in [2.05, 4.69) is 9.62 Å². The Morgan fingerprint density at radius 2 is 2.17 bits per heavy atom. The number of rotatable bonds is 7. The molecule has 0 aromatic heterocycles. The zero-order valence-electron chi connectivity index (χ0n) is 11.4. The molecule has 0 aromatic rings. The molecule has 0 saturated carbocycles. The van der Waals surface area contributed by atoms with Crippen molar-refractivity contribution in [1.29, 1.82) is 0 Å². The average molecular weight is 278 g/mol. The molecule has 0 radical (unpaired) electrons. The summed E-state index contributed by atoms with van der Waals surface area (Å²) in [6.07, 6.45) is 3.87. The van der Waals surface area contributed by atoms with Crippen LogP contribution in [0.3, 0.4) is 0 Å². The van der Waals surface area contributed by atoms with Gasteiger partial charge in [-0.1, -0.05) is 6.42 Å². The summed E-state index contributed by atoms with van der Waals surface area (Å²) in [5, 5.41) is 9.72. The fraction of sp³-hybridized carbons (Fsp3) is 1.00. The smallest absolute Gasteiger partial charge is 0.211 e. The van der Waals surface area contributed by atoms with Crippen molar-refractivity contribution in [2.75, 3.05) is 25.4 Å². The zero-order valence-corrected chi connectivity index (χ0v) is 12.2. The number of nitrogens with zero attached hydrogens (tertiary/aromatic N) is 1. The third kappa shape index (κ3) is 5.22. The summed E-state index contributed by atoms with van der Waals surface area (Å²) >= 11 is 0. The number of aliphatic hydroxyl groups excluding tert-OH is 1. The van der Waals surface area contributed by atoms with Crippen molar-refractivity contribution in [3.8, 4) is 0 Å². The van der Waals surface area contributed by atoms with Crippen molar-refractivity contribution in [3.05, 3.63) is 0 Å². The van der Waals surface area contributed by atoms with E-state index in [0.717, 1.165) is 25.9 Å². The second-order valence-corrected chi connectivity index (χ2v) is 7.09. The molecule has 2 N–H and O–H groups in total. The highest BCUT2D eigenvalue weighted by molar-refractivity contribution is 7.89. The minimum Gasteiger partial charge on any atom is -0.392 e. The summed E-state index contributed by atoms with van der Waals surface area (Å²) < 4.78 is 25.1. The first kappa shape index (κ1) is 15.9. The van der Waals surface area contributed by atoms with Crippen molar-refractivity contribution in [2.24, 2.45) is 0 Å². The molecule has 0 aliphatic carbocycles. The molecule has 0 aromatic carbocycles. The van der Waals surface area contributed by atoms with Crippen molar-refractivity contribution >= 4 is 10.0 Å². The first-order chi connectivity index (χ1) is 8.46. The maximum atomic E-state index is 11.3. The summed E-state index contributed by atoms with van der Waals surface area (Å²) in [5.74, 6) is 0.132. The van der Waals surface area contributed by atoms with Gasteiger partial charge in [0.05, 0.1) is 11.9 Å². The lowest BCUT2D eigenvalue weighted by atomic mass is 9.98. The van der Waals surface area contributed by atoms with Gasteiger partial charge in [0.25, 0.3) is 0 Å². The first-order valence-corrected chi connectivity index (χ1v) is 8.51. The highest BCUT2D eigenvalue weighted by Gasteiger charge is 2.25. The van der Waals surface area contributed by atoms with E-state index in [1.165, 1.54) is 12.8 Å². The molecule has 0 amide bonds. The molecule has 18 heavy (non-hydrogen) atoms. The Kier molecular flexibility index (Phi) is 6.55. The molecular formula is C12H26N2O3S. The first-order valence-electron chi connectivity index (χ1n) is 6.85. The number of hydrogen-bond donors (Lipinski definition) is 2. The molecule has 1 fully saturated rings. The van der Waals surface area contributed by atoms with E-state index in [1.807, 2.05) is 6.92 Å². The Hall–Kier alpha value is -0.170. The van der Waals surface area contributed by atoms with Crippen molar-refractivity contribution in [2.45, 2.75) is 51.7 Å². The van der Waals surface area contributed by atoms with Crippen molar-refractivity contribution in [3.63, 3.8) is 0 Å². The van der Waals surface area contributed by atoms with Gasteiger partial charge in [0.1, 0.15) is 0 Å². The van der Waals surface area contributed by atoms with Gasteiger partial charge in [0, 0.05) is 12.6 Å². The number of nitrogens with one attached hydrogen (secondary N) is 1. The molecule has 1 heterocycles. The second-order valence-electron chi connectivity index (χ2n) is 4.99. The molecule has 6 heteroatoms. The van der Waals surface area contributed by atoms with Gasteiger partial charge in [-0.15, -0.1) is 0 Å². The van der Waals surface area contributed by atoms with E-state index >= 15 is 0 Å². The Bertz CT molecular complexity index is 330. The molecule has 108 valence electrons. The fourth-order valence-corrected chi connectivity index (χ4v) is 3.11. The Morgan fingerprint density at radius 3 is 2.78 bits per heavy atom. The number of piperidine rings is 1. The van der Waals surface area contributed by atoms with Crippen molar-refractivity contribution < 1.29 is 13.5 Å². The van der Waals surface area contributed by atoms with Crippen LogP contribution in [-0.4, -0.2) is 56.0 Å². The molecule has 0 bridgehead atoms. The number of aliphatic hydroxyl groups is 1. The minimum absolute atomic E-state index is 0.132. The van der Waals surface area contributed by atoms with Gasteiger partial charge in [-0.2, -0.15) is 0 Å². The molecule has 1 saturated heterocycles. The number of likely N-dealkylation sites (tertiary alicyclic amines) is 1. The van der Waals surface area contributed by atoms with Crippen LogP contribution < -0.4 is 4.72 Å². The van der Waals surface area contributed by atoms with Gasteiger partial charge in [-0.25, -0.2) is 13.1 Å². The highest BCUT2D eigenvalue weighted by Crippen LogP contribution is 2.19. The third-order valence-corrected chi connectivity index (χ3v) is 4.95. The highest BCUT2D eigenvalue weighted by atomic mass is 32.2. The van der Waals surface area contributed by atoms with Crippen LogP contribution in [0.5, 0.6) is 0 Å². The molecule has 0 spiro atoms. The third-order valence-electron chi connectivity index (χ3n) is 3.55. The van der Waals surface area contributed by atoms with Gasteiger partial charge < -0.3 is 5.11 Å². The van der Waals surface area contributed by atoms with Crippen LogP contribution in [0, 0.1) is 0 Å². The lowest BCUT2D eigenvalue weighted by molar-refractivity contribution is 0.0361. The molecule has 5 nitrogen and oxygen atoms in total. The predicted octanol–water partition coefficient (Wildman–Crippen LogP) is 0.551. The summed E-state index contributed by atoms with van der Waals surface area (Å²) in [6, 6.07) is 0.238. The van der Waals surface area contributed by atoms with Crippen LogP contribution in [-0.2, 0) is 10.0 Å². The van der Waals surface area contributed by atoms with Crippen LogP contribution in [0.15, 0.2) is 0 Å². The molecule has 1 rings (SSSR count). The van der Waals surface area contributed by atoms with E-state index in [-0.39, 0.29) is 17.9 Å². The fourth-order valence-electron chi connectivity index (χ4n) is 2.45. The summed E-state index contributed by atoms with van der Waals surface area (Å²) in [5.41, 5.74) is 0. The second kappa shape index (κ2) is 7.43. The van der Waals surface area contributed by atoms with E-state index < -0.39 is 10.0 Å². The van der Waals surface area contributed by atoms with E-state index in [1.54, 1.807) is 6.92 Å². The van der Waals surface area contributed by atoms with Gasteiger partial charge in [0.2, 0.25) is 10.0 Å². The van der Waals surface area contributed by atoms with Crippen LogP contribution in [0.1, 0.15) is 39.5 Å². The quantitative estimate of drug-likeness (QED) is 0.667. The number of hydrogen-bond acceptors (Lipinski definition) is 4. The van der Waals surface area contributed by atoms with Crippen molar-refractivity contribution in [1.82, 2.24) is 9.62 Å². The van der Waals surface area contributed by atoms with Gasteiger partial charge in [-0.3, -0.25) is 4.90 Å². The van der Waals surface area contributed by atoms with Crippen LogP contribution in [0.2, 0.25) is 0 Å². The average Bonchev–Trinajstić information content (AvgIpc) is 2.35. The molecular weight excluding hydrogens is 252 g/mol. The Balaban J connectivity index is 2.29. The summed E-state index contributed by atoms with van der Waals surface area (Å²) in [7, 11) is -3.07. The topological polar surface area (TPSA) is 69.6 Å². The monoisotopic (exact) mass is 278 g/mol. The minimum atomic E-state index is -3.07. The van der Waals surface area contributed by atoms with Crippen LogP contribution >= 0.6 is 0 Å². The standard InChI is InChI=1S/C12H26N2O3S/c1-3-18(16,17)13-8-6-10-14-9-5-4-7-12(14)11(2)15/h11-13,15H,3-10H2,1-2H3. The normalized spacial score (nSPS) is 24.1. The van der Waals surface area contributed by atoms with Crippen LogP contribution in [0.25, 0.3) is 0 Å². The van der Waals surface area contributed by atoms with E-state index in [9.17, 15) is 13.5 Å². The number of sulfonamides is 1. The summed E-state index contributed by atoms with van der Waals surface area (Å²) in [6.45, 7) is 5.82. The van der Waals surface area contributed by atoms with E-state index in [0.29, 0.717) is 6.54 Å². The molecule has 2 unspecified atom stereocenters. The molecule has 1 aliphatic heterocycles. The van der Waals surface area contributed by atoms with Gasteiger partial charge in [-0.05, 0) is 46.2 Å². The maximum absolute atomic E-state index is 11.3. The largest absolute Gasteiger partial charge is 0.392 e. The van der Waals surface area contributed by atoms with Crippen LogP contribution in [0.4, 0.5) is 0 Å². The van der Waals surface area contributed by atoms with Gasteiger partial charge in [0.15, 0.2) is 0 Å². The molecule has 1 aliphatic rings. The summed E-state index contributed by atoms with van der Waals surface area (Å²) in [4.78, 5) is 2.29. The lowest BCUT2D eigenvalue weighted by Gasteiger charge is -2.37. The lowest BCUT2D eigenvalue weighted by Crippen LogP contribution is -2.46. The van der Waals surface area contributed by atoms with E-state index in [4.69, 9.17) is 0 Å². The zero-order chi connectivity index (χ0) is 13.6.